The number of fused-ring (bicyclic) bond motifs is 1. The molecule has 0 bridgehead atoms. The molecule has 0 unspecified atom stereocenters. The Bertz CT molecular complexity index is 823. The third kappa shape index (κ3) is 3.05. The molecule has 0 saturated carbocycles. The Morgan fingerprint density at radius 3 is 2.71 bits per heavy atom. The first-order chi connectivity index (χ1) is 11.5. The third-order valence-electron chi connectivity index (χ3n) is 3.71. The van der Waals surface area contributed by atoms with Crippen LogP contribution in [0.5, 0.6) is 5.75 Å². The first kappa shape index (κ1) is 15.9. The van der Waals surface area contributed by atoms with Crippen LogP contribution < -0.4 is 15.0 Å². The van der Waals surface area contributed by atoms with E-state index in [1.165, 1.54) is 23.1 Å². The molecule has 0 fully saturated rings. The zero-order valence-electron chi connectivity index (χ0n) is 12.8. The Morgan fingerprint density at radius 2 is 1.96 bits per heavy atom. The lowest BCUT2D eigenvalue weighted by Crippen LogP contribution is -2.25. The highest BCUT2D eigenvalue weighted by atomic mass is 19.2. The number of carbonyl (C=O) groups is 2. The first-order valence-corrected chi connectivity index (χ1v) is 7.25. The number of hydrogen-bond acceptors (Lipinski definition) is 3. The van der Waals surface area contributed by atoms with E-state index < -0.39 is 17.5 Å². The van der Waals surface area contributed by atoms with Gasteiger partial charge in [-0.1, -0.05) is 0 Å². The first-order valence-electron chi connectivity index (χ1n) is 7.25. The molecule has 1 heterocycles. The number of halogens is 2. The molecule has 3 rings (SSSR count). The number of carbonyl (C=O) groups excluding carboxylic acids is 2. The summed E-state index contributed by atoms with van der Waals surface area (Å²) in [5.41, 5.74) is 0.883. The summed E-state index contributed by atoms with van der Waals surface area (Å²) >= 11 is 0. The fourth-order valence-electron chi connectivity index (χ4n) is 2.37. The van der Waals surface area contributed by atoms with Crippen LogP contribution in [-0.2, 0) is 4.79 Å². The molecular weight excluding hydrogens is 318 g/mol. The van der Waals surface area contributed by atoms with E-state index in [4.69, 9.17) is 4.74 Å². The van der Waals surface area contributed by atoms with E-state index in [0.29, 0.717) is 11.4 Å². The van der Waals surface area contributed by atoms with Crippen LogP contribution in [0.4, 0.5) is 20.2 Å². The van der Waals surface area contributed by atoms with Crippen molar-refractivity contribution in [3.05, 3.63) is 53.6 Å². The Morgan fingerprint density at radius 1 is 1.17 bits per heavy atom. The van der Waals surface area contributed by atoms with Crippen LogP contribution in [0.15, 0.2) is 36.4 Å². The van der Waals surface area contributed by atoms with Gasteiger partial charge in [0.1, 0.15) is 5.75 Å². The molecule has 2 aromatic carbocycles. The van der Waals surface area contributed by atoms with Crippen LogP contribution in [0.1, 0.15) is 16.8 Å². The molecule has 0 spiro atoms. The summed E-state index contributed by atoms with van der Waals surface area (Å²) in [5.74, 6) is -2.16. The highest BCUT2D eigenvalue weighted by Crippen LogP contribution is 2.31. The number of nitrogens with one attached hydrogen (secondary N) is 1. The number of amides is 2. The van der Waals surface area contributed by atoms with Crippen LogP contribution >= 0.6 is 0 Å². The standard InChI is InChI=1S/C17H14F2N2O3/c1-21-14-8-10(2-5-15(14)24-7-6-16(21)22)17(23)20-11-3-4-12(18)13(19)9-11/h2-5,8-9H,6-7H2,1H3,(H,20,23). The Kier molecular flexibility index (Phi) is 4.16. The minimum Gasteiger partial charge on any atom is -0.491 e. The number of anilines is 2. The zero-order chi connectivity index (χ0) is 17.3. The average Bonchev–Trinajstić information content (AvgIpc) is 2.70. The quantitative estimate of drug-likeness (QED) is 0.920. The molecule has 2 amide bonds. The molecule has 5 nitrogen and oxygen atoms in total. The summed E-state index contributed by atoms with van der Waals surface area (Å²) < 4.78 is 31.6. The second-order valence-corrected chi connectivity index (χ2v) is 5.32. The zero-order valence-corrected chi connectivity index (χ0v) is 12.8. The number of ether oxygens (including phenoxy) is 1. The van der Waals surface area contributed by atoms with Crippen LogP contribution in [0.3, 0.4) is 0 Å². The van der Waals surface area contributed by atoms with Crippen molar-refractivity contribution in [2.45, 2.75) is 6.42 Å². The minimum atomic E-state index is -1.05. The lowest BCUT2D eigenvalue weighted by atomic mass is 10.1. The molecule has 1 aliphatic heterocycles. The van der Waals surface area contributed by atoms with Crippen molar-refractivity contribution in [3.63, 3.8) is 0 Å². The smallest absolute Gasteiger partial charge is 0.255 e. The van der Waals surface area contributed by atoms with Crippen molar-refractivity contribution in [1.82, 2.24) is 0 Å². The molecule has 7 heteroatoms. The van der Waals surface area contributed by atoms with Crippen molar-refractivity contribution in [2.75, 3.05) is 23.9 Å². The molecule has 0 atom stereocenters. The van der Waals surface area contributed by atoms with E-state index in [1.807, 2.05) is 0 Å². The van der Waals surface area contributed by atoms with Crippen molar-refractivity contribution in [3.8, 4) is 5.75 Å². The average molecular weight is 332 g/mol. The summed E-state index contributed by atoms with van der Waals surface area (Å²) in [6.07, 6.45) is 0.252. The van der Waals surface area contributed by atoms with E-state index in [2.05, 4.69) is 5.32 Å². The van der Waals surface area contributed by atoms with Gasteiger partial charge in [0.15, 0.2) is 11.6 Å². The molecule has 1 N–H and O–H groups in total. The van der Waals surface area contributed by atoms with Crippen LogP contribution in [0, 0.1) is 11.6 Å². The number of hydrogen-bond donors (Lipinski definition) is 1. The normalized spacial score (nSPS) is 13.8. The maximum Gasteiger partial charge on any atom is 0.255 e. The fraction of sp³-hybridized carbons (Fsp3) is 0.176. The van der Waals surface area contributed by atoms with E-state index in [0.717, 1.165) is 12.1 Å². The third-order valence-corrected chi connectivity index (χ3v) is 3.71. The number of rotatable bonds is 2. The molecule has 0 aliphatic carbocycles. The molecule has 2 aromatic rings. The van der Waals surface area contributed by atoms with Crippen LogP contribution in [-0.4, -0.2) is 25.5 Å². The fourth-order valence-corrected chi connectivity index (χ4v) is 2.37. The van der Waals surface area contributed by atoms with Gasteiger partial charge < -0.3 is 15.0 Å². The van der Waals surface area contributed by atoms with E-state index >= 15 is 0 Å². The summed E-state index contributed by atoms with van der Waals surface area (Å²) in [6, 6.07) is 7.76. The van der Waals surface area contributed by atoms with Gasteiger partial charge in [0.25, 0.3) is 5.91 Å². The van der Waals surface area contributed by atoms with Crippen LogP contribution in [0.2, 0.25) is 0 Å². The summed E-state index contributed by atoms with van der Waals surface area (Å²) in [7, 11) is 1.60. The molecular formula is C17H14F2N2O3. The van der Waals surface area contributed by atoms with Crippen molar-refractivity contribution in [1.29, 1.82) is 0 Å². The van der Waals surface area contributed by atoms with Gasteiger partial charge in [-0.25, -0.2) is 8.78 Å². The Labute approximate surface area is 136 Å². The largest absolute Gasteiger partial charge is 0.491 e. The minimum absolute atomic E-state index is 0.119. The summed E-state index contributed by atoms with van der Waals surface area (Å²) in [4.78, 5) is 25.6. The van der Waals surface area contributed by atoms with Crippen LogP contribution in [0.25, 0.3) is 0 Å². The lowest BCUT2D eigenvalue weighted by molar-refractivity contribution is -0.118. The monoisotopic (exact) mass is 332 g/mol. The molecule has 0 radical (unpaired) electrons. The van der Waals surface area contributed by atoms with E-state index in [-0.39, 0.29) is 30.2 Å². The van der Waals surface area contributed by atoms with E-state index in [9.17, 15) is 18.4 Å². The Hall–Kier alpha value is -2.96. The second kappa shape index (κ2) is 6.27. The maximum absolute atomic E-state index is 13.2. The summed E-state index contributed by atoms with van der Waals surface area (Å²) in [6.45, 7) is 0.274. The predicted octanol–water partition coefficient (Wildman–Crippen LogP) is 2.96. The molecule has 24 heavy (non-hydrogen) atoms. The number of nitrogens with zero attached hydrogens (tertiary/aromatic N) is 1. The lowest BCUT2D eigenvalue weighted by Gasteiger charge is -2.17. The van der Waals surface area contributed by atoms with Gasteiger partial charge in [-0.2, -0.15) is 0 Å². The topological polar surface area (TPSA) is 58.6 Å². The van der Waals surface area contributed by atoms with Gasteiger partial charge in [0.05, 0.1) is 18.7 Å². The highest BCUT2D eigenvalue weighted by Gasteiger charge is 2.21. The molecule has 0 saturated heterocycles. The van der Waals surface area contributed by atoms with Crippen molar-refractivity contribution in [2.24, 2.45) is 0 Å². The van der Waals surface area contributed by atoms with Crippen molar-refractivity contribution < 1.29 is 23.1 Å². The van der Waals surface area contributed by atoms with Gasteiger partial charge in [-0.05, 0) is 30.3 Å². The predicted molar refractivity (Wildman–Crippen MR) is 84.3 cm³/mol. The molecule has 124 valence electrons. The van der Waals surface area contributed by atoms with Gasteiger partial charge in [-0.15, -0.1) is 0 Å². The molecule has 0 aromatic heterocycles. The van der Waals surface area contributed by atoms with E-state index in [1.54, 1.807) is 13.1 Å². The van der Waals surface area contributed by atoms with Gasteiger partial charge in [0.2, 0.25) is 5.91 Å². The van der Waals surface area contributed by atoms with Gasteiger partial charge >= 0.3 is 0 Å². The number of benzene rings is 2. The second-order valence-electron chi connectivity index (χ2n) is 5.32. The van der Waals surface area contributed by atoms with Gasteiger partial charge in [-0.3, -0.25) is 9.59 Å². The SMILES string of the molecule is CN1C(=O)CCOc2ccc(C(=O)Nc3ccc(F)c(F)c3)cc21. The maximum atomic E-state index is 13.2. The Balaban J connectivity index is 1.87. The van der Waals surface area contributed by atoms with Gasteiger partial charge in [0, 0.05) is 24.4 Å². The highest BCUT2D eigenvalue weighted by molar-refractivity contribution is 6.06. The summed E-state index contributed by atoms with van der Waals surface area (Å²) in [5, 5.41) is 2.48. The van der Waals surface area contributed by atoms with Crippen molar-refractivity contribution >= 4 is 23.2 Å². The molecule has 1 aliphatic rings.